The Morgan fingerprint density at radius 3 is 2.65 bits per heavy atom. The van der Waals surface area contributed by atoms with E-state index in [-0.39, 0.29) is 5.78 Å². The molecular weight excluding hydrogens is 342 g/mol. The topological polar surface area (TPSA) is 53.2 Å². The summed E-state index contributed by atoms with van der Waals surface area (Å²) in [6.07, 6.45) is 8.35. The number of Topliss-reactive ketones (excluding diaryl/α,β-unsaturated/α-hetero) is 1. The first-order valence-corrected chi connectivity index (χ1v) is 9.18. The van der Waals surface area contributed by atoms with E-state index in [0.29, 0.717) is 17.2 Å². The van der Waals surface area contributed by atoms with Crippen molar-refractivity contribution in [3.05, 3.63) is 77.1 Å². The summed E-state index contributed by atoms with van der Waals surface area (Å²) in [4.78, 5) is 11.7. The molecule has 2 rings (SSSR count). The van der Waals surface area contributed by atoms with Crippen molar-refractivity contribution in [1.82, 2.24) is 16.0 Å². The van der Waals surface area contributed by atoms with Crippen LogP contribution in [0.1, 0.15) is 18.9 Å². The van der Waals surface area contributed by atoms with Gasteiger partial charge in [-0.1, -0.05) is 48.6 Å². The highest BCUT2D eigenvalue weighted by Gasteiger charge is 2.09. The molecule has 1 aromatic carbocycles. The van der Waals surface area contributed by atoms with Crippen molar-refractivity contribution in [1.29, 1.82) is 0 Å². The van der Waals surface area contributed by atoms with E-state index >= 15 is 0 Å². The molecule has 0 aromatic heterocycles. The molecule has 4 nitrogen and oxygen atoms in total. The second kappa shape index (κ2) is 11.2. The Balaban J connectivity index is 1.60. The minimum absolute atomic E-state index is 0.0609. The second-order valence-corrected chi connectivity index (χ2v) is 6.34. The number of hydrogen-bond donors (Lipinski definition) is 3. The summed E-state index contributed by atoms with van der Waals surface area (Å²) in [5, 5.41) is 10.4. The van der Waals surface area contributed by atoms with Gasteiger partial charge in [-0.2, -0.15) is 0 Å². The van der Waals surface area contributed by atoms with Crippen molar-refractivity contribution in [2.75, 3.05) is 19.6 Å². The minimum Gasteiger partial charge on any atom is -0.363 e. The van der Waals surface area contributed by atoms with Crippen LogP contribution in [0.25, 0.3) is 0 Å². The van der Waals surface area contributed by atoms with Crippen LogP contribution in [-0.2, 0) is 11.3 Å². The Bertz CT molecular complexity index is 744. The fourth-order valence-electron chi connectivity index (χ4n) is 2.48. The molecule has 0 fully saturated rings. The van der Waals surface area contributed by atoms with Crippen molar-refractivity contribution < 1.29 is 4.79 Å². The molecule has 0 heterocycles. The van der Waals surface area contributed by atoms with Gasteiger partial charge in [-0.15, -0.1) is 5.73 Å². The highest BCUT2D eigenvalue weighted by molar-refractivity contribution is 7.80. The molecular formula is C21H25N3OS. The van der Waals surface area contributed by atoms with Crippen molar-refractivity contribution in [3.8, 4) is 0 Å². The summed E-state index contributed by atoms with van der Waals surface area (Å²) in [5.74, 6) is 0.0609. The molecule has 0 aliphatic heterocycles. The lowest BCUT2D eigenvalue weighted by Gasteiger charge is -2.11. The number of benzene rings is 1. The van der Waals surface area contributed by atoms with Crippen LogP contribution in [0.2, 0.25) is 0 Å². The Kier molecular flexibility index (Phi) is 8.56. The zero-order chi connectivity index (χ0) is 18.6. The van der Waals surface area contributed by atoms with E-state index in [2.05, 4.69) is 33.8 Å². The lowest BCUT2D eigenvalue weighted by molar-refractivity contribution is -0.113. The van der Waals surface area contributed by atoms with Crippen LogP contribution in [0.3, 0.4) is 0 Å². The smallest absolute Gasteiger partial charge is 0.166 e. The number of carbonyl (C=O) groups is 1. The maximum Gasteiger partial charge on any atom is 0.166 e. The van der Waals surface area contributed by atoms with Crippen LogP contribution in [-0.4, -0.2) is 30.5 Å². The van der Waals surface area contributed by atoms with Gasteiger partial charge < -0.3 is 16.0 Å². The Labute approximate surface area is 160 Å². The van der Waals surface area contributed by atoms with Crippen LogP contribution < -0.4 is 16.0 Å². The predicted molar refractivity (Wildman–Crippen MR) is 111 cm³/mol. The molecule has 0 saturated heterocycles. The second-order valence-electron chi connectivity index (χ2n) is 5.94. The van der Waals surface area contributed by atoms with Crippen LogP contribution in [0.5, 0.6) is 0 Å². The summed E-state index contributed by atoms with van der Waals surface area (Å²) in [7, 11) is 0. The van der Waals surface area contributed by atoms with Gasteiger partial charge in [0.2, 0.25) is 0 Å². The van der Waals surface area contributed by atoms with E-state index < -0.39 is 0 Å². The van der Waals surface area contributed by atoms with Crippen LogP contribution in [0, 0.1) is 0 Å². The number of rotatable bonds is 9. The van der Waals surface area contributed by atoms with E-state index in [9.17, 15) is 4.79 Å². The highest BCUT2D eigenvalue weighted by atomic mass is 32.1. The first-order valence-electron chi connectivity index (χ1n) is 8.77. The van der Waals surface area contributed by atoms with Gasteiger partial charge >= 0.3 is 0 Å². The van der Waals surface area contributed by atoms with E-state index in [1.165, 1.54) is 5.56 Å². The first-order chi connectivity index (χ1) is 12.7. The van der Waals surface area contributed by atoms with Gasteiger partial charge in [0, 0.05) is 30.8 Å². The molecule has 136 valence electrons. The summed E-state index contributed by atoms with van der Waals surface area (Å²) in [6, 6.07) is 10.2. The molecule has 1 aliphatic carbocycles. The van der Waals surface area contributed by atoms with Gasteiger partial charge in [-0.05, 0) is 43.7 Å². The van der Waals surface area contributed by atoms with E-state index in [4.69, 9.17) is 12.2 Å². The number of hydrogen-bond acceptors (Lipinski definition) is 3. The van der Waals surface area contributed by atoms with E-state index in [0.717, 1.165) is 31.6 Å². The summed E-state index contributed by atoms with van der Waals surface area (Å²) >= 11 is 5.28. The normalized spacial score (nSPS) is 12.8. The number of carbonyl (C=O) groups excluding carboxylic acids is 1. The van der Waals surface area contributed by atoms with Gasteiger partial charge in [0.1, 0.15) is 0 Å². The van der Waals surface area contributed by atoms with Crippen molar-refractivity contribution in [3.63, 3.8) is 0 Å². The molecule has 0 bridgehead atoms. The lowest BCUT2D eigenvalue weighted by Crippen LogP contribution is -2.36. The third kappa shape index (κ3) is 7.19. The molecule has 26 heavy (non-hydrogen) atoms. The van der Waals surface area contributed by atoms with Crippen LogP contribution in [0.15, 0.2) is 71.5 Å². The number of ketones is 1. The maximum absolute atomic E-state index is 11.7. The average Bonchev–Trinajstić information content (AvgIpc) is 2.89. The molecule has 0 saturated carbocycles. The molecule has 0 spiro atoms. The third-order valence-electron chi connectivity index (χ3n) is 3.85. The Hall–Kier alpha value is -2.46. The fraction of sp³-hybridized carbons (Fsp3) is 0.286. The van der Waals surface area contributed by atoms with Gasteiger partial charge in [0.05, 0.1) is 0 Å². The van der Waals surface area contributed by atoms with Gasteiger partial charge in [0.25, 0.3) is 0 Å². The van der Waals surface area contributed by atoms with E-state index in [1.807, 2.05) is 42.5 Å². The third-order valence-corrected chi connectivity index (χ3v) is 4.13. The molecule has 5 heteroatoms. The molecule has 0 amide bonds. The molecule has 0 unspecified atom stereocenters. The van der Waals surface area contributed by atoms with Crippen molar-refractivity contribution in [2.24, 2.45) is 0 Å². The highest BCUT2D eigenvalue weighted by Crippen LogP contribution is 2.11. The van der Waals surface area contributed by atoms with Gasteiger partial charge in [-0.3, -0.25) is 4.79 Å². The average molecular weight is 368 g/mol. The monoisotopic (exact) mass is 367 g/mol. The quantitative estimate of drug-likeness (QED) is 0.356. The van der Waals surface area contributed by atoms with Gasteiger partial charge in [0.15, 0.2) is 10.9 Å². The summed E-state index contributed by atoms with van der Waals surface area (Å²) in [6.45, 7) is 4.55. The standard InChI is InChI=1S/C21H25N3OS/c1-17(25)20-12-7-3-6-11-19(20)16-22-13-8-14-23-21(26)24-15-18-9-4-2-5-10-18/h2-7,9-10,12,22H,8,13-16H2,1H3,(H2,23,24,26). The molecule has 1 aliphatic rings. The lowest BCUT2D eigenvalue weighted by atomic mass is 10.0. The number of thiocarbonyl (C=S) groups is 1. The molecule has 0 radical (unpaired) electrons. The van der Waals surface area contributed by atoms with Crippen LogP contribution >= 0.6 is 12.2 Å². The fourth-order valence-corrected chi connectivity index (χ4v) is 2.65. The van der Waals surface area contributed by atoms with Crippen molar-refractivity contribution in [2.45, 2.75) is 19.9 Å². The minimum atomic E-state index is 0.0609. The maximum atomic E-state index is 11.7. The number of nitrogens with one attached hydrogen (secondary N) is 3. The van der Waals surface area contributed by atoms with E-state index in [1.54, 1.807) is 6.92 Å². The van der Waals surface area contributed by atoms with Crippen molar-refractivity contribution >= 4 is 23.1 Å². The molecule has 0 atom stereocenters. The Morgan fingerprint density at radius 1 is 1.08 bits per heavy atom. The SMILES string of the molecule is CC(=O)C1=CC=CC=C=C1CNCCCNC(=S)NCc1ccccc1. The zero-order valence-electron chi connectivity index (χ0n) is 15.0. The van der Waals surface area contributed by atoms with Crippen LogP contribution in [0.4, 0.5) is 0 Å². The molecule has 3 N–H and O–H groups in total. The number of allylic oxidation sites excluding steroid dienone is 3. The first kappa shape index (κ1) is 19.9. The van der Waals surface area contributed by atoms with Gasteiger partial charge in [-0.25, -0.2) is 0 Å². The predicted octanol–water partition coefficient (Wildman–Crippen LogP) is 2.80. The zero-order valence-corrected chi connectivity index (χ0v) is 15.9. The molecule has 1 aromatic rings. The summed E-state index contributed by atoms with van der Waals surface area (Å²) in [5.41, 5.74) is 5.98. The largest absolute Gasteiger partial charge is 0.363 e. The summed E-state index contributed by atoms with van der Waals surface area (Å²) < 4.78 is 0. The Morgan fingerprint density at radius 2 is 1.88 bits per heavy atom.